The summed E-state index contributed by atoms with van der Waals surface area (Å²) in [5.74, 6) is -0.198. The van der Waals surface area contributed by atoms with Crippen LogP contribution in [0.4, 0.5) is 11.4 Å². The monoisotopic (exact) mass is 411 g/mol. The molecule has 2 aromatic carbocycles. The predicted molar refractivity (Wildman–Crippen MR) is 117 cm³/mol. The molecule has 0 unspecified atom stereocenters. The lowest BCUT2D eigenvalue weighted by Crippen LogP contribution is -2.29. The molecule has 29 heavy (non-hydrogen) atoms. The predicted octanol–water partition coefficient (Wildman–Crippen LogP) is 4.71. The third-order valence-electron chi connectivity index (χ3n) is 5.61. The Bertz CT molecular complexity index is 909. The molecule has 0 atom stereocenters. The molecule has 0 spiro atoms. The Hall–Kier alpha value is -2.37. The van der Waals surface area contributed by atoms with Gasteiger partial charge in [-0.1, -0.05) is 30.2 Å². The maximum atomic E-state index is 13.0. The van der Waals surface area contributed by atoms with Gasteiger partial charge in [0.05, 0.1) is 11.3 Å². The number of hydrogen-bond donors (Lipinski definition) is 1. The largest absolute Gasteiger partial charge is 0.322 e. The molecule has 0 saturated carbocycles. The number of amides is 2. The summed E-state index contributed by atoms with van der Waals surface area (Å²) in [5.41, 5.74) is 3.00. The van der Waals surface area contributed by atoms with Crippen molar-refractivity contribution >= 4 is 34.8 Å². The molecule has 5 nitrogen and oxygen atoms in total. The van der Waals surface area contributed by atoms with Crippen LogP contribution in [0.3, 0.4) is 0 Å². The fourth-order valence-corrected chi connectivity index (χ4v) is 4.31. The number of hydrogen-bond acceptors (Lipinski definition) is 3. The lowest BCUT2D eigenvalue weighted by Gasteiger charge is -2.26. The average molecular weight is 412 g/mol. The Balaban J connectivity index is 1.51. The zero-order valence-corrected chi connectivity index (χ0v) is 17.3. The van der Waals surface area contributed by atoms with E-state index in [2.05, 4.69) is 16.3 Å². The Kier molecular flexibility index (Phi) is 6.16. The van der Waals surface area contributed by atoms with E-state index in [-0.39, 0.29) is 11.8 Å². The first-order valence-corrected chi connectivity index (χ1v) is 10.7. The Morgan fingerprint density at radius 3 is 2.59 bits per heavy atom. The summed E-state index contributed by atoms with van der Waals surface area (Å²) in [7, 11) is 0. The highest BCUT2D eigenvalue weighted by Gasteiger charge is 2.26. The zero-order chi connectivity index (χ0) is 20.2. The maximum absolute atomic E-state index is 13.0. The second-order valence-electron chi connectivity index (χ2n) is 7.80. The van der Waals surface area contributed by atoms with Crippen LogP contribution in [0.5, 0.6) is 0 Å². The van der Waals surface area contributed by atoms with Gasteiger partial charge in [0.15, 0.2) is 0 Å². The molecule has 2 amide bonds. The molecule has 2 fully saturated rings. The molecule has 0 aliphatic carbocycles. The van der Waals surface area contributed by atoms with Crippen LogP contribution in [0.25, 0.3) is 0 Å². The van der Waals surface area contributed by atoms with Gasteiger partial charge in [0, 0.05) is 30.2 Å². The van der Waals surface area contributed by atoms with Crippen LogP contribution in [0, 0.1) is 0 Å². The number of rotatable bonds is 5. The van der Waals surface area contributed by atoms with E-state index in [1.165, 1.54) is 24.8 Å². The zero-order valence-electron chi connectivity index (χ0n) is 16.5. The molecule has 6 heteroatoms. The molecule has 152 valence electrons. The molecule has 4 rings (SSSR count). The first-order chi connectivity index (χ1) is 14.1. The van der Waals surface area contributed by atoms with E-state index in [9.17, 15) is 9.59 Å². The van der Waals surface area contributed by atoms with Gasteiger partial charge < -0.3 is 10.2 Å². The summed E-state index contributed by atoms with van der Waals surface area (Å²) in [4.78, 5) is 29.3. The topological polar surface area (TPSA) is 52.7 Å². The summed E-state index contributed by atoms with van der Waals surface area (Å²) in [5, 5.41) is 3.51. The SMILES string of the molecule is O=C(Nc1cccc(CN2CCCCC2)c1)c1ccc(Cl)cc1N1CCCC1=O. The van der Waals surface area contributed by atoms with E-state index in [4.69, 9.17) is 11.6 Å². The molecule has 2 aliphatic rings. The molecule has 2 aliphatic heterocycles. The van der Waals surface area contributed by atoms with Crippen molar-refractivity contribution in [1.82, 2.24) is 4.90 Å². The van der Waals surface area contributed by atoms with Crippen LogP contribution in [0.1, 0.15) is 48.0 Å². The van der Waals surface area contributed by atoms with Gasteiger partial charge in [0.2, 0.25) is 5.91 Å². The molecule has 2 heterocycles. The maximum Gasteiger partial charge on any atom is 0.257 e. The second-order valence-corrected chi connectivity index (χ2v) is 8.24. The number of carbonyl (C=O) groups excluding carboxylic acids is 2. The summed E-state index contributed by atoms with van der Waals surface area (Å²) >= 11 is 6.15. The van der Waals surface area contributed by atoms with Gasteiger partial charge >= 0.3 is 0 Å². The number of benzene rings is 2. The van der Waals surface area contributed by atoms with E-state index in [1.54, 1.807) is 23.1 Å². The van der Waals surface area contributed by atoms with Crippen molar-refractivity contribution < 1.29 is 9.59 Å². The van der Waals surface area contributed by atoms with Crippen LogP contribution in [0.2, 0.25) is 5.02 Å². The summed E-state index contributed by atoms with van der Waals surface area (Å²) in [6.07, 6.45) is 5.13. The van der Waals surface area contributed by atoms with Crippen LogP contribution < -0.4 is 10.2 Å². The van der Waals surface area contributed by atoms with Crippen molar-refractivity contribution in [3.05, 3.63) is 58.6 Å². The Morgan fingerprint density at radius 2 is 1.83 bits per heavy atom. The highest BCUT2D eigenvalue weighted by molar-refractivity contribution is 6.31. The first kappa shape index (κ1) is 19.9. The normalized spacial score (nSPS) is 17.6. The highest BCUT2D eigenvalue weighted by Crippen LogP contribution is 2.29. The molecule has 2 aromatic rings. The number of anilines is 2. The van der Waals surface area contributed by atoms with E-state index in [0.717, 1.165) is 31.7 Å². The number of piperidine rings is 1. The van der Waals surface area contributed by atoms with Crippen LogP contribution >= 0.6 is 11.6 Å². The molecule has 0 radical (unpaired) electrons. The lowest BCUT2D eigenvalue weighted by molar-refractivity contribution is -0.117. The number of nitrogens with zero attached hydrogens (tertiary/aromatic N) is 2. The lowest BCUT2D eigenvalue weighted by atomic mass is 10.1. The first-order valence-electron chi connectivity index (χ1n) is 10.3. The number of carbonyl (C=O) groups is 2. The van der Waals surface area contributed by atoms with Gasteiger partial charge in [-0.3, -0.25) is 14.5 Å². The van der Waals surface area contributed by atoms with Gasteiger partial charge in [-0.2, -0.15) is 0 Å². The molecule has 0 aromatic heterocycles. The quantitative estimate of drug-likeness (QED) is 0.775. The third-order valence-corrected chi connectivity index (χ3v) is 5.84. The van der Waals surface area contributed by atoms with Crippen molar-refractivity contribution in [2.24, 2.45) is 0 Å². The van der Waals surface area contributed by atoms with Crippen LogP contribution in [-0.4, -0.2) is 36.3 Å². The fraction of sp³-hybridized carbons (Fsp3) is 0.391. The third kappa shape index (κ3) is 4.80. The van der Waals surface area contributed by atoms with E-state index in [0.29, 0.717) is 29.2 Å². The Labute approximate surface area is 176 Å². The van der Waals surface area contributed by atoms with Gasteiger partial charge in [-0.05, 0) is 68.2 Å². The summed E-state index contributed by atoms with van der Waals surface area (Å²) < 4.78 is 0. The van der Waals surface area contributed by atoms with Gasteiger partial charge in [-0.15, -0.1) is 0 Å². The highest BCUT2D eigenvalue weighted by atomic mass is 35.5. The number of nitrogens with one attached hydrogen (secondary N) is 1. The molecule has 0 bridgehead atoms. The van der Waals surface area contributed by atoms with Crippen molar-refractivity contribution in [3.63, 3.8) is 0 Å². The molecule has 1 N–H and O–H groups in total. The Morgan fingerprint density at radius 1 is 1.00 bits per heavy atom. The minimum Gasteiger partial charge on any atom is -0.322 e. The standard InChI is InChI=1S/C23H26ClN3O2/c24-18-9-10-20(21(15-18)27-13-5-8-22(27)28)23(29)25-19-7-4-6-17(14-19)16-26-11-2-1-3-12-26/h4,6-7,9-10,14-15H,1-3,5,8,11-13,16H2,(H,25,29). The van der Waals surface area contributed by atoms with Gasteiger partial charge in [-0.25, -0.2) is 0 Å². The smallest absolute Gasteiger partial charge is 0.257 e. The number of halogens is 1. The average Bonchev–Trinajstić information content (AvgIpc) is 3.14. The number of likely N-dealkylation sites (tertiary alicyclic amines) is 1. The minimum atomic E-state index is -0.230. The second kappa shape index (κ2) is 8.97. The van der Waals surface area contributed by atoms with E-state index in [1.807, 2.05) is 18.2 Å². The molecule has 2 saturated heterocycles. The fourth-order valence-electron chi connectivity index (χ4n) is 4.14. The van der Waals surface area contributed by atoms with E-state index < -0.39 is 0 Å². The van der Waals surface area contributed by atoms with Crippen molar-refractivity contribution in [2.45, 2.75) is 38.6 Å². The van der Waals surface area contributed by atoms with Crippen molar-refractivity contribution in [3.8, 4) is 0 Å². The van der Waals surface area contributed by atoms with Gasteiger partial charge in [0.25, 0.3) is 5.91 Å². The molecular formula is C23H26ClN3O2. The van der Waals surface area contributed by atoms with Gasteiger partial charge in [0.1, 0.15) is 0 Å². The van der Waals surface area contributed by atoms with E-state index >= 15 is 0 Å². The van der Waals surface area contributed by atoms with Crippen LogP contribution in [-0.2, 0) is 11.3 Å². The van der Waals surface area contributed by atoms with Crippen molar-refractivity contribution in [1.29, 1.82) is 0 Å². The summed E-state index contributed by atoms with van der Waals surface area (Å²) in [6.45, 7) is 3.78. The molecular weight excluding hydrogens is 386 g/mol. The minimum absolute atomic E-state index is 0.0323. The summed E-state index contributed by atoms with van der Waals surface area (Å²) in [6, 6.07) is 13.1. The van der Waals surface area contributed by atoms with Crippen LogP contribution in [0.15, 0.2) is 42.5 Å². The van der Waals surface area contributed by atoms with Crippen molar-refractivity contribution in [2.75, 3.05) is 29.9 Å².